The molecule has 0 spiro atoms. The van der Waals surface area contributed by atoms with Gasteiger partial charge in [-0.2, -0.15) is 0 Å². The van der Waals surface area contributed by atoms with Crippen LogP contribution in [-0.4, -0.2) is 17.0 Å². The SMILES string of the molecule is CCCCCCCc1cc(C)c(C#CN(C(C)C)C(C)C)c(C)c1. The Morgan fingerprint density at radius 3 is 1.92 bits per heavy atom. The van der Waals surface area contributed by atoms with Crippen molar-refractivity contribution in [1.29, 1.82) is 0 Å². The van der Waals surface area contributed by atoms with Crippen LogP contribution in [0.15, 0.2) is 12.1 Å². The average molecular weight is 328 g/mol. The van der Waals surface area contributed by atoms with Gasteiger partial charge in [-0.15, -0.1) is 0 Å². The minimum Gasteiger partial charge on any atom is -0.327 e. The van der Waals surface area contributed by atoms with Crippen molar-refractivity contribution in [2.24, 2.45) is 0 Å². The molecule has 0 atom stereocenters. The Bertz CT molecular complexity index is 526. The van der Waals surface area contributed by atoms with E-state index < -0.39 is 0 Å². The molecule has 0 amide bonds. The highest BCUT2D eigenvalue weighted by atomic mass is 15.1. The fourth-order valence-corrected chi connectivity index (χ4v) is 3.30. The Kier molecular flexibility index (Phi) is 8.98. The molecule has 0 aliphatic rings. The molecule has 24 heavy (non-hydrogen) atoms. The van der Waals surface area contributed by atoms with Crippen LogP contribution in [0.2, 0.25) is 0 Å². The number of hydrogen-bond donors (Lipinski definition) is 0. The summed E-state index contributed by atoms with van der Waals surface area (Å²) in [6, 6.07) is 8.95. The molecule has 0 saturated carbocycles. The van der Waals surface area contributed by atoms with E-state index in [1.807, 2.05) is 0 Å². The fraction of sp³-hybridized carbons (Fsp3) is 0.652. The summed E-state index contributed by atoms with van der Waals surface area (Å²) in [5.41, 5.74) is 5.31. The van der Waals surface area contributed by atoms with Crippen molar-refractivity contribution in [3.63, 3.8) is 0 Å². The molecule has 0 aliphatic carbocycles. The minimum absolute atomic E-state index is 0.445. The summed E-state index contributed by atoms with van der Waals surface area (Å²) >= 11 is 0. The standard InChI is InChI=1S/C23H37N/c1-8-9-10-11-12-13-22-16-20(6)23(21(7)17-22)14-15-24(18(2)3)19(4)5/h16-19H,8-13H2,1-7H3. The number of unbranched alkanes of at least 4 members (excludes halogenated alkanes) is 4. The second-order valence-electron chi connectivity index (χ2n) is 7.60. The summed E-state index contributed by atoms with van der Waals surface area (Å²) in [5, 5.41) is 0. The molecule has 1 heteroatoms. The van der Waals surface area contributed by atoms with E-state index >= 15 is 0 Å². The van der Waals surface area contributed by atoms with Gasteiger partial charge in [0.25, 0.3) is 0 Å². The molecule has 0 unspecified atom stereocenters. The van der Waals surface area contributed by atoms with Crippen LogP contribution in [0.5, 0.6) is 0 Å². The topological polar surface area (TPSA) is 3.24 Å². The third-order valence-electron chi connectivity index (χ3n) is 4.58. The van der Waals surface area contributed by atoms with Gasteiger partial charge in [0.05, 0.1) is 0 Å². The Balaban J connectivity index is 2.81. The molecular weight excluding hydrogens is 290 g/mol. The first kappa shape index (κ1) is 20.6. The Hall–Kier alpha value is -1.42. The van der Waals surface area contributed by atoms with Gasteiger partial charge in [-0.25, -0.2) is 0 Å². The first-order valence-corrected chi connectivity index (χ1v) is 9.76. The van der Waals surface area contributed by atoms with Gasteiger partial charge in [0.2, 0.25) is 0 Å². The first-order valence-electron chi connectivity index (χ1n) is 9.76. The van der Waals surface area contributed by atoms with Crippen LogP contribution in [0.3, 0.4) is 0 Å². The van der Waals surface area contributed by atoms with E-state index in [2.05, 4.69) is 77.5 Å². The van der Waals surface area contributed by atoms with Crippen LogP contribution < -0.4 is 0 Å². The fourth-order valence-electron chi connectivity index (χ4n) is 3.30. The molecule has 1 nitrogen and oxygen atoms in total. The highest BCUT2D eigenvalue weighted by Gasteiger charge is 2.09. The van der Waals surface area contributed by atoms with Gasteiger partial charge in [0, 0.05) is 23.7 Å². The Morgan fingerprint density at radius 1 is 0.875 bits per heavy atom. The number of benzene rings is 1. The third-order valence-corrected chi connectivity index (χ3v) is 4.58. The summed E-state index contributed by atoms with van der Waals surface area (Å²) in [6.45, 7) is 15.5. The van der Waals surface area contributed by atoms with Crippen molar-refractivity contribution >= 4 is 0 Å². The molecule has 0 N–H and O–H groups in total. The summed E-state index contributed by atoms with van der Waals surface area (Å²) < 4.78 is 0. The van der Waals surface area contributed by atoms with Crippen molar-refractivity contribution in [2.45, 2.75) is 99.1 Å². The molecule has 0 aliphatic heterocycles. The second-order valence-corrected chi connectivity index (χ2v) is 7.60. The van der Waals surface area contributed by atoms with Gasteiger partial charge in [-0.3, -0.25) is 0 Å². The van der Waals surface area contributed by atoms with Crippen molar-refractivity contribution < 1.29 is 0 Å². The third kappa shape index (κ3) is 6.60. The molecule has 0 aromatic heterocycles. The molecule has 134 valence electrons. The lowest BCUT2D eigenvalue weighted by Crippen LogP contribution is -2.32. The molecule has 1 aromatic rings. The van der Waals surface area contributed by atoms with E-state index in [0.717, 1.165) is 0 Å². The molecule has 1 aromatic carbocycles. The number of nitrogens with zero attached hydrogens (tertiary/aromatic N) is 1. The van der Waals surface area contributed by atoms with Crippen LogP contribution >= 0.6 is 0 Å². The van der Waals surface area contributed by atoms with Gasteiger partial charge >= 0.3 is 0 Å². The first-order chi connectivity index (χ1) is 11.4. The van der Waals surface area contributed by atoms with Crippen molar-refractivity contribution in [3.8, 4) is 12.0 Å². The van der Waals surface area contributed by atoms with Crippen molar-refractivity contribution in [3.05, 3.63) is 34.4 Å². The second kappa shape index (κ2) is 10.4. The summed E-state index contributed by atoms with van der Waals surface area (Å²) in [4.78, 5) is 2.24. The average Bonchev–Trinajstić information content (AvgIpc) is 2.49. The van der Waals surface area contributed by atoms with E-state index in [0.29, 0.717) is 12.1 Å². The van der Waals surface area contributed by atoms with E-state index in [1.165, 1.54) is 60.8 Å². The van der Waals surface area contributed by atoms with E-state index in [-0.39, 0.29) is 0 Å². The van der Waals surface area contributed by atoms with Crippen LogP contribution in [0, 0.1) is 25.8 Å². The minimum atomic E-state index is 0.445. The van der Waals surface area contributed by atoms with Gasteiger partial charge in [-0.1, -0.05) is 44.7 Å². The zero-order chi connectivity index (χ0) is 18.1. The van der Waals surface area contributed by atoms with E-state index in [4.69, 9.17) is 0 Å². The van der Waals surface area contributed by atoms with Gasteiger partial charge < -0.3 is 4.90 Å². The Labute approximate surface area is 150 Å². The van der Waals surface area contributed by atoms with Crippen LogP contribution in [-0.2, 0) is 6.42 Å². The molecule has 0 fully saturated rings. The zero-order valence-electron chi connectivity index (χ0n) is 17.0. The molecule has 0 saturated heterocycles. The highest BCUT2D eigenvalue weighted by Crippen LogP contribution is 2.18. The zero-order valence-corrected chi connectivity index (χ0v) is 17.0. The Morgan fingerprint density at radius 2 is 1.42 bits per heavy atom. The lowest BCUT2D eigenvalue weighted by molar-refractivity contribution is 0.274. The lowest BCUT2D eigenvalue weighted by atomic mass is 9.96. The summed E-state index contributed by atoms with van der Waals surface area (Å²) in [5.74, 6) is 3.43. The maximum absolute atomic E-state index is 3.43. The van der Waals surface area contributed by atoms with Crippen molar-refractivity contribution in [1.82, 2.24) is 4.90 Å². The van der Waals surface area contributed by atoms with Gasteiger partial charge in [-0.05, 0) is 77.0 Å². The number of hydrogen-bond acceptors (Lipinski definition) is 1. The van der Waals surface area contributed by atoms with E-state index in [9.17, 15) is 0 Å². The van der Waals surface area contributed by atoms with Crippen molar-refractivity contribution in [2.75, 3.05) is 0 Å². The van der Waals surface area contributed by atoms with Gasteiger partial charge in [0.15, 0.2) is 0 Å². The predicted molar refractivity (Wildman–Crippen MR) is 107 cm³/mol. The normalized spacial score (nSPS) is 10.9. The summed E-state index contributed by atoms with van der Waals surface area (Å²) in [6.07, 6.45) is 7.91. The molecular formula is C23H37N. The smallest absolute Gasteiger partial charge is 0.0322 e. The van der Waals surface area contributed by atoms with Gasteiger partial charge in [0.1, 0.15) is 0 Å². The highest BCUT2D eigenvalue weighted by molar-refractivity contribution is 5.48. The lowest BCUT2D eigenvalue weighted by Gasteiger charge is -2.26. The maximum Gasteiger partial charge on any atom is 0.0322 e. The van der Waals surface area contributed by atoms with E-state index in [1.54, 1.807) is 0 Å². The predicted octanol–water partition coefficient (Wildman–Crippen LogP) is 6.24. The summed E-state index contributed by atoms with van der Waals surface area (Å²) in [7, 11) is 0. The number of aryl methyl sites for hydroxylation is 3. The molecule has 0 heterocycles. The molecule has 0 bridgehead atoms. The molecule has 0 radical (unpaired) electrons. The van der Waals surface area contributed by atoms with Crippen LogP contribution in [0.1, 0.15) is 89.0 Å². The quantitative estimate of drug-likeness (QED) is 0.310. The van der Waals surface area contributed by atoms with Crippen LogP contribution in [0.4, 0.5) is 0 Å². The maximum atomic E-state index is 3.43. The number of rotatable bonds is 8. The van der Waals surface area contributed by atoms with Crippen LogP contribution in [0.25, 0.3) is 0 Å². The largest absolute Gasteiger partial charge is 0.327 e. The monoisotopic (exact) mass is 327 g/mol. The molecule has 1 rings (SSSR count).